The Morgan fingerprint density at radius 2 is 2.05 bits per heavy atom. The van der Waals surface area contributed by atoms with Crippen LogP contribution in [-0.4, -0.2) is 23.7 Å². The summed E-state index contributed by atoms with van der Waals surface area (Å²) in [5.41, 5.74) is 2.49. The van der Waals surface area contributed by atoms with Crippen LogP contribution in [0.25, 0.3) is 0 Å². The number of hydrogen-bond donors (Lipinski definition) is 2. The minimum atomic E-state index is -0.635. The number of rotatable bonds is 3. The molecule has 2 fully saturated rings. The Kier molecular flexibility index (Phi) is 3.23. The van der Waals surface area contributed by atoms with E-state index >= 15 is 0 Å². The highest BCUT2D eigenvalue weighted by atomic mass is 16.5. The van der Waals surface area contributed by atoms with E-state index in [1.54, 1.807) is 0 Å². The SMILES string of the molecule is O=C(O)C1C2CCC(C2)C1NC1COCc2ccccc21. The van der Waals surface area contributed by atoms with Crippen molar-refractivity contribution in [2.24, 2.45) is 17.8 Å². The van der Waals surface area contributed by atoms with Crippen LogP contribution < -0.4 is 5.32 Å². The summed E-state index contributed by atoms with van der Waals surface area (Å²) in [6.07, 6.45) is 3.32. The molecule has 5 unspecified atom stereocenters. The summed E-state index contributed by atoms with van der Waals surface area (Å²) >= 11 is 0. The lowest BCUT2D eigenvalue weighted by molar-refractivity contribution is -0.144. The molecule has 2 saturated carbocycles. The predicted molar refractivity (Wildman–Crippen MR) is 77.7 cm³/mol. The molecular formula is C17H21NO3. The van der Waals surface area contributed by atoms with Gasteiger partial charge in [0.2, 0.25) is 0 Å². The maximum Gasteiger partial charge on any atom is 0.308 e. The van der Waals surface area contributed by atoms with Crippen LogP contribution in [0.1, 0.15) is 36.4 Å². The van der Waals surface area contributed by atoms with E-state index in [9.17, 15) is 9.90 Å². The summed E-state index contributed by atoms with van der Waals surface area (Å²) in [4.78, 5) is 11.6. The molecule has 21 heavy (non-hydrogen) atoms. The van der Waals surface area contributed by atoms with Crippen LogP contribution >= 0.6 is 0 Å². The van der Waals surface area contributed by atoms with Gasteiger partial charge in [0, 0.05) is 6.04 Å². The summed E-state index contributed by atoms with van der Waals surface area (Å²) in [5, 5.41) is 13.2. The van der Waals surface area contributed by atoms with Crippen LogP contribution in [0, 0.1) is 17.8 Å². The Hall–Kier alpha value is -1.39. The molecule has 3 aliphatic rings. The average molecular weight is 287 g/mol. The first-order valence-electron chi connectivity index (χ1n) is 7.88. The Morgan fingerprint density at radius 3 is 2.90 bits per heavy atom. The van der Waals surface area contributed by atoms with E-state index in [4.69, 9.17) is 4.74 Å². The fourth-order valence-corrected chi connectivity index (χ4v) is 4.64. The number of carboxylic acids is 1. The topological polar surface area (TPSA) is 58.6 Å². The monoisotopic (exact) mass is 287 g/mol. The number of aliphatic carboxylic acids is 1. The molecule has 0 amide bonds. The summed E-state index contributed by atoms with van der Waals surface area (Å²) in [6.45, 7) is 1.30. The zero-order valence-corrected chi connectivity index (χ0v) is 12.0. The van der Waals surface area contributed by atoms with Gasteiger partial charge in [-0.2, -0.15) is 0 Å². The second-order valence-corrected chi connectivity index (χ2v) is 6.66. The third-order valence-electron chi connectivity index (χ3n) is 5.57. The Bertz CT molecular complexity index is 559. The van der Waals surface area contributed by atoms with Crippen molar-refractivity contribution in [1.82, 2.24) is 5.32 Å². The van der Waals surface area contributed by atoms with Gasteiger partial charge in [0.15, 0.2) is 0 Å². The molecule has 1 aliphatic heterocycles. The molecule has 2 aliphatic carbocycles. The van der Waals surface area contributed by atoms with Gasteiger partial charge in [-0.15, -0.1) is 0 Å². The highest BCUT2D eigenvalue weighted by Crippen LogP contribution is 2.49. The quantitative estimate of drug-likeness (QED) is 0.896. The second-order valence-electron chi connectivity index (χ2n) is 6.66. The molecule has 2 N–H and O–H groups in total. The summed E-state index contributed by atoms with van der Waals surface area (Å²) in [6, 6.07) is 8.54. The van der Waals surface area contributed by atoms with Crippen molar-refractivity contribution in [1.29, 1.82) is 0 Å². The number of benzene rings is 1. The van der Waals surface area contributed by atoms with Gasteiger partial charge in [0.05, 0.1) is 25.2 Å². The van der Waals surface area contributed by atoms with Crippen molar-refractivity contribution in [3.8, 4) is 0 Å². The molecule has 5 atom stereocenters. The van der Waals surface area contributed by atoms with Gasteiger partial charge >= 0.3 is 5.97 Å². The molecular weight excluding hydrogens is 266 g/mol. The molecule has 0 radical (unpaired) electrons. The third kappa shape index (κ3) is 2.17. The van der Waals surface area contributed by atoms with Crippen LogP contribution in [0.3, 0.4) is 0 Å². The summed E-state index contributed by atoms with van der Waals surface area (Å²) < 4.78 is 5.68. The van der Waals surface area contributed by atoms with Gasteiger partial charge in [-0.1, -0.05) is 24.3 Å². The lowest BCUT2D eigenvalue weighted by Crippen LogP contribution is -2.47. The Balaban J connectivity index is 1.58. The van der Waals surface area contributed by atoms with Gasteiger partial charge in [-0.25, -0.2) is 0 Å². The zero-order valence-electron chi connectivity index (χ0n) is 12.0. The van der Waals surface area contributed by atoms with E-state index < -0.39 is 5.97 Å². The van der Waals surface area contributed by atoms with Crippen molar-refractivity contribution < 1.29 is 14.6 Å². The van der Waals surface area contributed by atoms with Crippen molar-refractivity contribution in [2.45, 2.75) is 38.0 Å². The molecule has 2 bridgehead atoms. The largest absolute Gasteiger partial charge is 0.481 e. The first-order chi connectivity index (χ1) is 10.2. The number of hydrogen-bond acceptors (Lipinski definition) is 3. The normalized spacial score (nSPS) is 37.4. The van der Waals surface area contributed by atoms with Gasteiger partial charge in [-0.3, -0.25) is 4.79 Å². The van der Waals surface area contributed by atoms with E-state index in [-0.39, 0.29) is 18.0 Å². The van der Waals surface area contributed by atoms with E-state index in [0.29, 0.717) is 25.0 Å². The minimum Gasteiger partial charge on any atom is -0.481 e. The first kappa shape index (κ1) is 13.3. The smallest absolute Gasteiger partial charge is 0.308 e. The van der Waals surface area contributed by atoms with Gasteiger partial charge < -0.3 is 15.2 Å². The molecule has 0 saturated heterocycles. The summed E-state index contributed by atoms with van der Waals surface area (Å²) in [7, 11) is 0. The number of fused-ring (bicyclic) bond motifs is 3. The molecule has 112 valence electrons. The van der Waals surface area contributed by atoms with E-state index in [2.05, 4.69) is 17.4 Å². The second kappa shape index (κ2) is 5.11. The van der Waals surface area contributed by atoms with Crippen molar-refractivity contribution >= 4 is 5.97 Å². The molecule has 1 aromatic carbocycles. The number of carboxylic acid groups (broad SMARTS) is 1. The van der Waals surface area contributed by atoms with Crippen molar-refractivity contribution in [3.05, 3.63) is 35.4 Å². The molecule has 1 aromatic rings. The molecule has 0 aromatic heterocycles. The van der Waals surface area contributed by atoms with E-state index in [1.165, 1.54) is 17.5 Å². The molecule has 1 heterocycles. The molecule has 4 nitrogen and oxygen atoms in total. The molecule has 0 spiro atoms. The minimum absolute atomic E-state index is 0.0982. The molecule has 4 rings (SSSR count). The van der Waals surface area contributed by atoms with Gasteiger partial charge in [0.1, 0.15) is 0 Å². The van der Waals surface area contributed by atoms with Crippen molar-refractivity contribution in [2.75, 3.05) is 6.61 Å². The maximum absolute atomic E-state index is 11.6. The fourth-order valence-electron chi connectivity index (χ4n) is 4.64. The standard InChI is InChI=1S/C17H21NO3/c19-17(20)15-10-5-6-11(7-10)16(15)18-14-9-21-8-12-3-1-2-4-13(12)14/h1-4,10-11,14-16,18H,5-9H2,(H,19,20). The Morgan fingerprint density at radius 1 is 1.24 bits per heavy atom. The first-order valence-corrected chi connectivity index (χ1v) is 7.88. The number of ether oxygens (including phenoxy) is 1. The summed E-state index contributed by atoms with van der Waals surface area (Å²) in [5.74, 6) is 0.0255. The van der Waals surface area contributed by atoms with Crippen LogP contribution in [0.4, 0.5) is 0 Å². The third-order valence-corrected chi connectivity index (χ3v) is 5.57. The Labute approximate surface area is 124 Å². The van der Waals surface area contributed by atoms with E-state index in [0.717, 1.165) is 12.8 Å². The number of carbonyl (C=O) groups is 1. The maximum atomic E-state index is 11.6. The van der Waals surface area contributed by atoms with E-state index in [1.807, 2.05) is 12.1 Å². The van der Waals surface area contributed by atoms with Gasteiger partial charge in [-0.05, 0) is 42.2 Å². The number of nitrogens with one attached hydrogen (secondary N) is 1. The lowest BCUT2D eigenvalue weighted by atomic mass is 9.83. The van der Waals surface area contributed by atoms with Crippen LogP contribution in [0.2, 0.25) is 0 Å². The van der Waals surface area contributed by atoms with Gasteiger partial charge in [0.25, 0.3) is 0 Å². The predicted octanol–water partition coefficient (Wildman–Crippen LogP) is 2.35. The zero-order chi connectivity index (χ0) is 14.4. The fraction of sp³-hybridized carbons (Fsp3) is 0.588. The van der Waals surface area contributed by atoms with Crippen LogP contribution in [-0.2, 0) is 16.1 Å². The highest BCUT2D eigenvalue weighted by molar-refractivity contribution is 5.72. The van der Waals surface area contributed by atoms with Crippen LogP contribution in [0.15, 0.2) is 24.3 Å². The molecule has 4 heteroatoms. The average Bonchev–Trinajstić information content (AvgIpc) is 3.08. The van der Waals surface area contributed by atoms with Crippen molar-refractivity contribution in [3.63, 3.8) is 0 Å². The highest BCUT2D eigenvalue weighted by Gasteiger charge is 2.51. The van der Waals surface area contributed by atoms with Crippen LogP contribution in [0.5, 0.6) is 0 Å². The lowest BCUT2D eigenvalue weighted by Gasteiger charge is -2.35.